The number of aryl methyl sites for hydroxylation is 2. The summed E-state index contributed by atoms with van der Waals surface area (Å²) in [5.41, 5.74) is 2.39. The number of anilines is 1. The molecule has 0 aliphatic heterocycles. The van der Waals surface area contributed by atoms with Crippen LogP contribution in [0.15, 0.2) is 47.4 Å². The molecule has 106 valence electrons. The van der Waals surface area contributed by atoms with Gasteiger partial charge in [0.2, 0.25) is 0 Å². The Morgan fingerprint density at radius 3 is 2.20 bits per heavy atom. The topological polar surface area (TPSA) is 55.4 Å². The third-order valence-corrected chi connectivity index (χ3v) is 4.42. The van der Waals surface area contributed by atoms with Crippen molar-refractivity contribution >= 4 is 15.7 Å². The number of hydrogen-bond acceptors (Lipinski definition) is 3. The summed E-state index contributed by atoms with van der Waals surface area (Å²) in [4.78, 5) is 0.180. The molecule has 0 fully saturated rings. The summed E-state index contributed by atoms with van der Waals surface area (Å²) in [6.45, 7) is 3.74. The highest BCUT2D eigenvalue weighted by Gasteiger charge is 2.16. The minimum atomic E-state index is -3.62. The number of nitrogens with one attached hydrogen (secondary N) is 1. The fourth-order valence-corrected chi connectivity index (χ4v) is 3.17. The van der Waals surface area contributed by atoms with E-state index in [1.165, 1.54) is 13.2 Å². The van der Waals surface area contributed by atoms with Gasteiger partial charge in [-0.3, -0.25) is 4.72 Å². The van der Waals surface area contributed by atoms with Gasteiger partial charge in [-0.25, -0.2) is 8.42 Å². The molecule has 4 nitrogen and oxygen atoms in total. The van der Waals surface area contributed by atoms with Gasteiger partial charge in [0.15, 0.2) is 0 Å². The van der Waals surface area contributed by atoms with Crippen LogP contribution in [0.4, 0.5) is 5.69 Å². The number of sulfonamides is 1. The van der Waals surface area contributed by atoms with Gasteiger partial charge in [0.1, 0.15) is 5.75 Å². The predicted molar refractivity (Wildman–Crippen MR) is 79.7 cm³/mol. The van der Waals surface area contributed by atoms with Crippen LogP contribution in [0, 0.1) is 13.8 Å². The molecule has 0 aromatic heterocycles. The second-order valence-electron chi connectivity index (χ2n) is 4.55. The zero-order valence-electron chi connectivity index (χ0n) is 11.7. The van der Waals surface area contributed by atoms with Gasteiger partial charge in [0, 0.05) is 6.07 Å². The molecule has 0 amide bonds. The highest BCUT2D eigenvalue weighted by Crippen LogP contribution is 2.24. The van der Waals surface area contributed by atoms with Crippen molar-refractivity contribution in [2.75, 3.05) is 11.8 Å². The van der Waals surface area contributed by atoms with Crippen LogP contribution >= 0.6 is 0 Å². The molecular weight excluding hydrogens is 274 g/mol. The van der Waals surface area contributed by atoms with E-state index in [-0.39, 0.29) is 4.90 Å². The average Bonchev–Trinajstić information content (AvgIpc) is 2.43. The lowest BCUT2D eigenvalue weighted by atomic mass is 10.1. The van der Waals surface area contributed by atoms with Crippen molar-refractivity contribution in [1.29, 1.82) is 0 Å². The Bertz CT molecular complexity index is 703. The van der Waals surface area contributed by atoms with Crippen molar-refractivity contribution in [2.45, 2.75) is 18.7 Å². The van der Waals surface area contributed by atoms with E-state index in [9.17, 15) is 8.42 Å². The van der Waals surface area contributed by atoms with E-state index in [0.717, 1.165) is 11.1 Å². The van der Waals surface area contributed by atoms with E-state index in [0.29, 0.717) is 11.4 Å². The van der Waals surface area contributed by atoms with Crippen molar-refractivity contribution in [3.05, 3.63) is 53.6 Å². The number of para-hydroxylation sites is 1. The minimum absolute atomic E-state index is 0.180. The van der Waals surface area contributed by atoms with Gasteiger partial charge in [0.05, 0.1) is 17.7 Å². The molecule has 1 N–H and O–H groups in total. The van der Waals surface area contributed by atoms with Crippen LogP contribution in [-0.2, 0) is 10.0 Å². The van der Waals surface area contributed by atoms with Crippen molar-refractivity contribution < 1.29 is 13.2 Å². The summed E-state index contributed by atoms with van der Waals surface area (Å²) in [7, 11) is -2.12. The molecule has 0 atom stereocenters. The Morgan fingerprint density at radius 2 is 1.60 bits per heavy atom. The van der Waals surface area contributed by atoms with Crippen LogP contribution in [0.3, 0.4) is 0 Å². The van der Waals surface area contributed by atoms with Crippen molar-refractivity contribution in [3.8, 4) is 5.75 Å². The van der Waals surface area contributed by atoms with Crippen LogP contribution < -0.4 is 9.46 Å². The molecule has 5 heteroatoms. The first-order chi connectivity index (χ1) is 9.44. The maximum absolute atomic E-state index is 12.4. The third kappa shape index (κ3) is 2.93. The number of ether oxygens (including phenoxy) is 1. The first-order valence-corrected chi connectivity index (χ1v) is 7.65. The molecular formula is C15H17NO3S. The minimum Gasteiger partial charge on any atom is -0.497 e. The molecule has 0 saturated carbocycles. The van der Waals surface area contributed by atoms with Crippen molar-refractivity contribution in [3.63, 3.8) is 0 Å². The van der Waals surface area contributed by atoms with E-state index in [2.05, 4.69) is 4.72 Å². The lowest BCUT2D eigenvalue weighted by molar-refractivity contribution is 0.413. The molecule has 2 aromatic rings. The molecule has 20 heavy (non-hydrogen) atoms. The highest BCUT2D eigenvalue weighted by molar-refractivity contribution is 7.92. The lowest BCUT2D eigenvalue weighted by Gasteiger charge is -2.13. The fourth-order valence-electron chi connectivity index (χ4n) is 1.94. The standard InChI is InChI=1S/C15H17NO3S/c1-11-6-4-7-12(2)15(11)16-20(17,18)14-9-5-8-13(10-14)19-3/h4-10,16H,1-3H3. The smallest absolute Gasteiger partial charge is 0.262 e. The Kier molecular flexibility index (Phi) is 3.99. The highest BCUT2D eigenvalue weighted by atomic mass is 32.2. The summed E-state index contributed by atoms with van der Waals surface area (Å²) >= 11 is 0. The van der Waals surface area contributed by atoms with E-state index in [1.807, 2.05) is 32.0 Å². The van der Waals surface area contributed by atoms with Gasteiger partial charge in [-0.05, 0) is 37.1 Å². The second kappa shape index (κ2) is 5.54. The molecule has 0 heterocycles. The number of benzene rings is 2. The second-order valence-corrected chi connectivity index (χ2v) is 6.23. The first kappa shape index (κ1) is 14.4. The van der Waals surface area contributed by atoms with Crippen LogP contribution in [0.25, 0.3) is 0 Å². The molecule has 0 bridgehead atoms. The maximum atomic E-state index is 12.4. The molecule has 2 rings (SSSR count). The van der Waals surface area contributed by atoms with Crippen LogP contribution in [0.2, 0.25) is 0 Å². The predicted octanol–water partition coefficient (Wildman–Crippen LogP) is 3.11. The zero-order valence-corrected chi connectivity index (χ0v) is 12.5. The number of rotatable bonds is 4. The summed E-state index contributed by atoms with van der Waals surface area (Å²) in [6.07, 6.45) is 0. The fraction of sp³-hybridized carbons (Fsp3) is 0.200. The number of hydrogen-bond donors (Lipinski definition) is 1. The maximum Gasteiger partial charge on any atom is 0.262 e. The monoisotopic (exact) mass is 291 g/mol. The Hall–Kier alpha value is -2.01. The normalized spacial score (nSPS) is 11.2. The van der Waals surface area contributed by atoms with E-state index >= 15 is 0 Å². The molecule has 0 unspecified atom stereocenters. The molecule has 0 radical (unpaired) electrons. The largest absolute Gasteiger partial charge is 0.497 e. The summed E-state index contributed by atoms with van der Waals surface area (Å²) in [6, 6.07) is 12.0. The Labute approximate surface area is 119 Å². The van der Waals surface area contributed by atoms with Gasteiger partial charge < -0.3 is 4.74 Å². The first-order valence-electron chi connectivity index (χ1n) is 6.17. The van der Waals surface area contributed by atoms with Gasteiger partial charge in [-0.2, -0.15) is 0 Å². The van der Waals surface area contributed by atoms with Crippen molar-refractivity contribution in [1.82, 2.24) is 0 Å². The van der Waals surface area contributed by atoms with Gasteiger partial charge >= 0.3 is 0 Å². The lowest BCUT2D eigenvalue weighted by Crippen LogP contribution is -2.14. The van der Waals surface area contributed by atoms with E-state index in [4.69, 9.17) is 4.74 Å². The Morgan fingerprint density at radius 1 is 1.00 bits per heavy atom. The van der Waals surface area contributed by atoms with E-state index < -0.39 is 10.0 Å². The quantitative estimate of drug-likeness (QED) is 0.941. The molecule has 0 saturated heterocycles. The Balaban J connectivity index is 2.41. The van der Waals surface area contributed by atoms with E-state index in [1.54, 1.807) is 18.2 Å². The van der Waals surface area contributed by atoms with Crippen molar-refractivity contribution in [2.24, 2.45) is 0 Å². The molecule has 0 aliphatic rings. The average molecular weight is 291 g/mol. The van der Waals surface area contributed by atoms with Gasteiger partial charge in [0.25, 0.3) is 10.0 Å². The summed E-state index contributed by atoms with van der Waals surface area (Å²) in [5.74, 6) is 0.509. The molecule has 2 aromatic carbocycles. The van der Waals surface area contributed by atoms with Crippen LogP contribution in [-0.4, -0.2) is 15.5 Å². The third-order valence-electron chi connectivity index (χ3n) is 3.07. The van der Waals surface area contributed by atoms with Crippen LogP contribution in [0.1, 0.15) is 11.1 Å². The summed E-state index contributed by atoms with van der Waals surface area (Å²) < 4.78 is 32.5. The zero-order chi connectivity index (χ0) is 14.8. The van der Waals surface area contributed by atoms with Crippen LogP contribution in [0.5, 0.6) is 5.75 Å². The summed E-state index contributed by atoms with van der Waals surface area (Å²) in [5, 5.41) is 0. The number of methoxy groups -OCH3 is 1. The SMILES string of the molecule is COc1cccc(S(=O)(=O)Nc2c(C)cccc2C)c1. The molecule has 0 aliphatic carbocycles. The van der Waals surface area contributed by atoms with Gasteiger partial charge in [-0.1, -0.05) is 24.3 Å². The van der Waals surface area contributed by atoms with Gasteiger partial charge in [-0.15, -0.1) is 0 Å². The molecule has 0 spiro atoms.